The van der Waals surface area contributed by atoms with Gasteiger partial charge in [-0.15, -0.1) is 0 Å². The molecule has 0 unspecified atom stereocenters. The summed E-state index contributed by atoms with van der Waals surface area (Å²) in [6, 6.07) is 26.1. The van der Waals surface area contributed by atoms with Gasteiger partial charge in [-0.25, -0.2) is 9.79 Å². The van der Waals surface area contributed by atoms with Crippen molar-refractivity contribution in [2.75, 3.05) is 14.2 Å². The zero-order chi connectivity index (χ0) is 31.9. The van der Waals surface area contributed by atoms with E-state index >= 15 is 0 Å². The molecule has 1 aliphatic heterocycles. The van der Waals surface area contributed by atoms with Crippen LogP contribution in [0.2, 0.25) is 5.02 Å². The molecule has 4 aromatic rings. The molecule has 0 aliphatic carbocycles. The molecule has 0 atom stereocenters. The lowest BCUT2D eigenvalue weighted by Gasteiger charge is -2.16. The summed E-state index contributed by atoms with van der Waals surface area (Å²) in [6.45, 7) is 0.293. The molecule has 0 bridgehead atoms. The maximum atomic E-state index is 13.7. The zero-order valence-corrected chi connectivity index (χ0v) is 25.8. The third-order valence-electron chi connectivity index (χ3n) is 6.79. The molecular formula is C34H26ClN3O6S. The summed E-state index contributed by atoms with van der Waals surface area (Å²) in [5.41, 5.74) is 3.33. The van der Waals surface area contributed by atoms with E-state index in [1.165, 1.54) is 31.0 Å². The summed E-state index contributed by atoms with van der Waals surface area (Å²) in [5.74, 6) is 0.0453. The quantitative estimate of drug-likeness (QED) is 0.179. The number of carbonyl (C=O) groups excluding carboxylic acids is 1. The van der Waals surface area contributed by atoms with Gasteiger partial charge in [-0.05, 0) is 83.6 Å². The lowest BCUT2D eigenvalue weighted by Crippen LogP contribution is -2.28. The Morgan fingerprint density at radius 2 is 1.78 bits per heavy atom. The number of hydrogen-bond acceptors (Lipinski definition) is 8. The molecule has 0 radical (unpaired) electrons. The third kappa shape index (κ3) is 7.29. The number of thioether (sulfide) groups is 1. The summed E-state index contributed by atoms with van der Waals surface area (Å²) >= 11 is 7.83. The molecule has 1 heterocycles. The Morgan fingerprint density at radius 1 is 1.04 bits per heavy atom. The number of carboxylic acid groups (broad SMARTS) is 1. The summed E-state index contributed by atoms with van der Waals surface area (Å²) in [6.07, 6.45) is 1.70. The number of benzene rings is 4. The van der Waals surface area contributed by atoms with E-state index in [1.807, 2.05) is 6.07 Å². The van der Waals surface area contributed by atoms with Gasteiger partial charge in [0.05, 0.1) is 53.6 Å². The Bertz CT molecular complexity index is 1850. The molecule has 9 nitrogen and oxygen atoms in total. The van der Waals surface area contributed by atoms with Gasteiger partial charge in [0.25, 0.3) is 5.91 Å². The molecule has 226 valence electrons. The second kappa shape index (κ2) is 14.0. The van der Waals surface area contributed by atoms with Crippen LogP contribution >= 0.6 is 23.4 Å². The maximum Gasteiger partial charge on any atom is 0.335 e. The number of aromatic carboxylic acids is 1. The minimum absolute atomic E-state index is 0.113. The van der Waals surface area contributed by atoms with Gasteiger partial charge in [-0.2, -0.15) is 5.26 Å². The van der Waals surface area contributed by atoms with Gasteiger partial charge in [0.2, 0.25) is 0 Å². The summed E-state index contributed by atoms with van der Waals surface area (Å²) in [5, 5.41) is 19.4. The first-order chi connectivity index (χ1) is 21.8. The molecular weight excluding hydrogens is 614 g/mol. The van der Waals surface area contributed by atoms with Crippen LogP contribution in [0.15, 0.2) is 94.8 Å². The van der Waals surface area contributed by atoms with E-state index in [0.29, 0.717) is 49.7 Å². The van der Waals surface area contributed by atoms with Crippen LogP contribution in [0.25, 0.3) is 6.08 Å². The maximum absolute atomic E-state index is 13.7. The van der Waals surface area contributed by atoms with Crippen molar-refractivity contribution in [3.63, 3.8) is 0 Å². The molecule has 1 fully saturated rings. The first kappa shape index (κ1) is 31.2. The minimum Gasteiger partial charge on any atom is -0.497 e. The number of amidine groups is 1. The molecule has 45 heavy (non-hydrogen) atoms. The van der Waals surface area contributed by atoms with Gasteiger partial charge in [0.1, 0.15) is 12.4 Å². The average Bonchev–Trinajstić information content (AvgIpc) is 3.33. The number of nitriles is 1. The highest BCUT2D eigenvalue weighted by Crippen LogP contribution is 2.40. The van der Waals surface area contributed by atoms with Crippen LogP contribution in [-0.2, 0) is 17.9 Å². The third-order valence-corrected chi connectivity index (χ3v) is 8.07. The van der Waals surface area contributed by atoms with Crippen molar-refractivity contribution >= 4 is 52.2 Å². The normalized spacial score (nSPS) is 14.4. The van der Waals surface area contributed by atoms with E-state index in [4.69, 9.17) is 30.8 Å². The van der Waals surface area contributed by atoms with Crippen LogP contribution in [0.4, 0.5) is 5.69 Å². The largest absolute Gasteiger partial charge is 0.497 e. The molecule has 5 rings (SSSR count). The molecule has 1 saturated heterocycles. The van der Waals surface area contributed by atoms with E-state index in [0.717, 1.165) is 5.56 Å². The van der Waals surface area contributed by atoms with Gasteiger partial charge in [-0.1, -0.05) is 41.9 Å². The molecule has 1 aliphatic rings. The highest BCUT2D eigenvalue weighted by Gasteiger charge is 2.33. The first-order valence-corrected chi connectivity index (χ1v) is 14.7. The molecule has 0 saturated carbocycles. The number of ether oxygens (including phenoxy) is 3. The minimum atomic E-state index is -1.03. The second-order valence-electron chi connectivity index (χ2n) is 9.69. The van der Waals surface area contributed by atoms with Crippen LogP contribution in [0.3, 0.4) is 0 Å². The SMILES string of the molecule is COc1ccc(N=C2S/C(=C\c3cc(Cl)c(OCc4ccccc4C#N)c(OC)c3)C(=O)N2Cc2ccc(C(=O)O)cc2)cc1. The summed E-state index contributed by atoms with van der Waals surface area (Å²) in [4.78, 5) is 31.7. The number of nitrogens with zero attached hydrogens (tertiary/aromatic N) is 3. The molecule has 1 amide bonds. The van der Waals surface area contributed by atoms with Crippen molar-refractivity contribution in [1.82, 2.24) is 4.90 Å². The fraction of sp³-hybridized carbons (Fsp3) is 0.118. The number of carbonyl (C=O) groups is 2. The molecule has 0 spiro atoms. The molecule has 11 heteroatoms. The Morgan fingerprint density at radius 3 is 2.44 bits per heavy atom. The lowest BCUT2D eigenvalue weighted by molar-refractivity contribution is -0.122. The Hall–Kier alpha value is -5.24. The monoisotopic (exact) mass is 639 g/mol. The average molecular weight is 640 g/mol. The highest BCUT2D eigenvalue weighted by atomic mass is 35.5. The van der Waals surface area contributed by atoms with Crippen LogP contribution in [0, 0.1) is 11.3 Å². The van der Waals surface area contributed by atoms with Crippen LogP contribution in [0.5, 0.6) is 17.2 Å². The Kier molecular flexibility index (Phi) is 9.73. The number of hydrogen-bond donors (Lipinski definition) is 1. The van der Waals surface area contributed by atoms with Crippen LogP contribution in [-0.4, -0.2) is 41.3 Å². The van der Waals surface area contributed by atoms with Gasteiger partial charge in [-0.3, -0.25) is 9.69 Å². The van der Waals surface area contributed by atoms with E-state index in [-0.39, 0.29) is 29.6 Å². The smallest absolute Gasteiger partial charge is 0.335 e. The number of aliphatic imine (C=N–C) groups is 1. The molecule has 4 aromatic carbocycles. The van der Waals surface area contributed by atoms with Gasteiger partial charge < -0.3 is 19.3 Å². The topological polar surface area (TPSA) is 121 Å². The van der Waals surface area contributed by atoms with Crippen molar-refractivity contribution in [3.8, 4) is 23.3 Å². The van der Waals surface area contributed by atoms with Gasteiger partial charge in [0.15, 0.2) is 16.7 Å². The standard InChI is InChI=1S/C34H26ClN3O6S/c1-42-27-13-11-26(12-14-27)37-34-38(19-21-7-9-23(10-8-21)33(40)41)32(39)30(45-34)17-22-15-28(35)31(29(16-22)43-2)44-20-25-6-4-3-5-24(25)18-36/h3-17H,19-20H2,1-2H3,(H,40,41)/b30-17-,37-34?. The zero-order valence-electron chi connectivity index (χ0n) is 24.2. The predicted molar refractivity (Wildman–Crippen MR) is 173 cm³/mol. The van der Waals surface area contributed by atoms with E-state index in [9.17, 15) is 20.0 Å². The highest BCUT2D eigenvalue weighted by molar-refractivity contribution is 8.18. The number of halogens is 1. The van der Waals surface area contributed by atoms with E-state index in [2.05, 4.69) is 6.07 Å². The fourth-order valence-electron chi connectivity index (χ4n) is 4.45. The predicted octanol–water partition coefficient (Wildman–Crippen LogP) is 7.31. The van der Waals surface area contributed by atoms with Crippen molar-refractivity contribution in [1.29, 1.82) is 5.26 Å². The number of carboxylic acids is 1. The molecule has 1 N–H and O–H groups in total. The van der Waals surface area contributed by atoms with E-state index in [1.54, 1.807) is 84.8 Å². The first-order valence-electron chi connectivity index (χ1n) is 13.5. The summed E-state index contributed by atoms with van der Waals surface area (Å²) in [7, 11) is 3.07. The lowest BCUT2D eigenvalue weighted by atomic mass is 10.1. The fourth-order valence-corrected chi connectivity index (χ4v) is 5.72. The number of methoxy groups -OCH3 is 2. The van der Waals surface area contributed by atoms with E-state index < -0.39 is 5.97 Å². The van der Waals surface area contributed by atoms with Crippen molar-refractivity contribution in [2.45, 2.75) is 13.2 Å². The molecule has 0 aromatic heterocycles. The number of rotatable bonds is 10. The Balaban J connectivity index is 1.45. The van der Waals surface area contributed by atoms with Gasteiger partial charge >= 0.3 is 5.97 Å². The van der Waals surface area contributed by atoms with Crippen molar-refractivity contribution < 1.29 is 28.9 Å². The van der Waals surface area contributed by atoms with Crippen LogP contribution in [0.1, 0.15) is 32.6 Å². The summed E-state index contributed by atoms with van der Waals surface area (Å²) < 4.78 is 16.8. The van der Waals surface area contributed by atoms with Crippen LogP contribution < -0.4 is 14.2 Å². The van der Waals surface area contributed by atoms with Crippen molar-refractivity contribution in [2.24, 2.45) is 4.99 Å². The Labute approximate surface area is 268 Å². The van der Waals surface area contributed by atoms with Gasteiger partial charge in [0, 0.05) is 5.56 Å². The second-order valence-corrected chi connectivity index (χ2v) is 11.1. The van der Waals surface area contributed by atoms with Crippen molar-refractivity contribution in [3.05, 3.63) is 123 Å². The number of amides is 1.